The second-order valence-corrected chi connectivity index (χ2v) is 28.3. The summed E-state index contributed by atoms with van der Waals surface area (Å²) in [5.41, 5.74) is -2.37. The van der Waals surface area contributed by atoms with Crippen LogP contribution in [0.1, 0.15) is 107 Å². The highest BCUT2D eigenvalue weighted by molar-refractivity contribution is 5.32. The van der Waals surface area contributed by atoms with Crippen LogP contribution >= 0.6 is 0 Å². The van der Waals surface area contributed by atoms with Crippen LogP contribution in [0.25, 0.3) is 0 Å². The smallest absolute Gasteiger partial charge is 0.187 e. The molecule has 0 amide bonds. The van der Waals surface area contributed by atoms with Crippen LogP contribution in [-0.2, 0) is 47.4 Å². The lowest BCUT2D eigenvalue weighted by atomic mass is 9.38. The largest absolute Gasteiger partial charge is 0.394 e. The molecule has 8 fully saturated rings. The third kappa shape index (κ3) is 12.8. The Labute approximate surface area is 506 Å². The van der Waals surface area contributed by atoms with Crippen molar-refractivity contribution in [2.45, 2.75) is 278 Å². The zero-order valence-electron chi connectivity index (χ0n) is 50.8. The molecule has 0 bridgehead atoms. The highest BCUT2D eigenvalue weighted by Gasteiger charge is 2.70. The van der Waals surface area contributed by atoms with Gasteiger partial charge in [0.05, 0.1) is 56.9 Å². The quantitative estimate of drug-likeness (QED) is 0.0540. The molecule has 34 atom stereocenters. The van der Waals surface area contributed by atoms with Crippen molar-refractivity contribution in [1.29, 1.82) is 0 Å². The number of allylic oxidation sites excluding steroid dienone is 1. The molecule has 4 aliphatic carbocycles. The average Bonchev–Trinajstić information content (AvgIpc) is 1.66. The molecule has 3 saturated carbocycles. The Morgan fingerprint density at radius 1 is 0.563 bits per heavy atom. The summed E-state index contributed by atoms with van der Waals surface area (Å²) in [6, 6.07) is 0. The van der Waals surface area contributed by atoms with Crippen molar-refractivity contribution >= 4 is 0 Å². The Morgan fingerprint density at radius 2 is 1.07 bits per heavy atom. The molecule has 9 aliphatic rings. The lowest BCUT2D eigenvalue weighted by molar-refractivity contribution is -0.373. The summed E-state index contributed by atoms with van der Waals surface area (Å²) in [5, 5.41) is 194. The first-order chi connectivity index (χ1) is 40.7. The Bertz CT molecular complexity index is 2290. The second-order valence-electron chi connectivity index (χ2n) is 28.3. The third-order valence-corrected chi connectivity index (χ3v) is 22.5. The molecule has 28 heteroatoms. The number of rotatable bonds is 19. The molecular formula is C59H100O28. The minimum Gasteiger partial charge on any atom is -0.394 e. The lowest BCUT2D eigenvalue weighted by Crippen LogP contribution is -2.65. The summed E-state index contributed by atoms with van der Waals surface area (Å²) in [6.45, 7) is 13.1. The maximum absolute atomic E-state index is 12.8. The zero-order chi connectivity index (χ0) is 63.9. The molecule has 504 valence electrons. The van der Waals surface area contributed by atoms with Gasteiger partial charge in [-0.05, 0) is 99.7 Å². The van der Waals surface area contributed by atoms with Crippen molar-refractivity contribution in [3.63, 3.8) is 0 Å². The molecule has 5 aliphatic heterocycles. The first kappa shape index (κ1) is 69.9. The Balaban J connectivity index is 0.875. The molecule has 5 saturated heterocycles. The van der Waals surface area contributed by atoms with Gasteiger partial charge in [-0.3, -0.25) is 0 Å². The van der Waals surface area contributed by atoms with E-state index in [1.165, 1.54) is 13.8 Å². The lowest BCUT2D eigenvalue weighted by Gasteiger charge is -2.67. The van der Waals surface area contributed by atoms with Crippen molar-refractivity contribution in [3.8, 4) is 0 Å². The number of hydrogen-bond acceptors (Lipinski definition) is 28. The van der Waals surface area contributed by atoms with E-state index in [9.17, 15) is 91.9 Å². The Kier molecular flexibility index (Phi) is 21.5. The van der Waals surface area contributed by atoms with Crippen molar-refractivity contribution in [3.05, 3.63) is 11.6 Å². The normalized spacial score (nSPS) is 51.8. The molecule has 0 spiro atoms. The Hall–Kier alpha value is -1.38. The van der Waals surface area contributed by atoms with Gasteiger partial charge in [0.2, 0.25) is 0 Å². The van der Waals surface area contributed by atoms with Crippen molar-refractivity contribution in [2.24, 2.45) is 45.3 Å². The maximum atomic E-state index is 12.8. The second kappa shape index (κ2) is 26.8. The van der Waals surface area contributed by atoms with Gasteiger partial charge in [-0.25, -0.2) is 0 Å². The van der Waals surface area contributed by atoms with E-state index < -0.39 is 215 Å². The molecule has 87 heavy (non-hydrogen) atoms. The van der Waals surface area contributed by atoms with Gasteiger partial charge in [-0.2, -0.15) is 0 Å². The van der Waals surface area contributed by atoms with Crippen molar-refractivity contribution in [1.82, 2.24) is 0 Å². The molecule has 0 aromatic carbocycles. The fourth-order valence-electron chi connectivity index (χ4n) is 16.7. The van der Waals surface area contributed by atoms with Gasteiger partial charge in [0.15, 0.2) is 31.5 Å². The van der Waals surface area contributed by atoms with Crippen LogP contribution in [0.15, 0.2) is 11.6 Å². The molecule has 9 rings (SSSR count). The standard InChI is InChI=1S/C59H100O28/c1-23(9-13-35(56(4,5)77)86-54-49(87-52-45(73)36(64)27(62)20-78-52)44(72)40(68)31(84-54)22-80-51-47(75)42(70)38(66)29(19-61)82-51)24-15-16-57(6)32-12-10-25-26(59(32,8)33(63)17-58(24,57)7)11-14-34(55(25,2)3)85-53-48(76)43(71)39(67)30(83-53)21-79-50-46(74)41(69)37(65)28(18-60)81-50/h10,23-24,26-54,60-77H,9,11-22H2,1-8H3/t23-,24-,26-,27-,28-,29-,30-,31-,32+,33-,34+,35-,36+,37-,38-,39-,40-,41+,42+,43+,44+,45-,46-,47-,48-,49-,50-,51-,52+,53+,54+,57+,58-,59+/m1/s1. The summed E-state index contributed by atoms with van der Waals surface area (Å²) in [7, 11) is 0. The van der Waals surface area contributed by atoms with Gasteiger partial charge >= 0.3 is 0 Å². The first-order valence-electron chi connectivity index (χ1n) is 31.0. The number of fused-ring (bicyclic) bond motifs is 5. The van der Waals surface area contributed by atoms with E-state index in [1.54, 1.807) is 0 Å². The van der Waals surface area contributed by atoms with E-state index in [-0.39, 0.29) is 40.9 Å². The van der Waals surface area contributed by atoms with Crippen LogP contribution < -0.4 is 0 Å². The first-order valence-corrected chi connectivity index (χ1v) is 31.0. The van der Waals surface area contributed by atoms with Gasteiger partial charge in [0, 0.05) is 10.8 Å². The van der Waals surface area contributed by atoms with E-state index in [0.29, 0.717) is 32.1 Å². The summed E-state index contributed by atoms with van der Waals surface area (Å²) in [6.07, 6.45) is -34.5. The molecule has 0 unspecified atom stereocenters. The van der Waals surface area contributed by atoms with Crippen molar-refractivity contribution < 1.29 is 139 Å². The summed E-state index contributed by atoms with van der Waals surface area (Å²) >= 11 is 0. The predicted octanol–water partition coefficient (Wildman–Crippen LogP) is -4.77. The van der Waals surface area contributed by atoms with Crippen LogP contribution in [-0.4, -0.2) is 296 Å². The molecule has 5 heterocycles. The SMILES string of the molecule is C[C@H](CC[C@@H](O[C@@H]1O[C@H](CO[C@@H]2O[C@H](CO)[C@@H](O)[C@H](O)[C@H]2O)[C@@H](O)[C@H](O)[C@H]1O[C@@H]1OC[C@@H](O)[C@H](O)[C@H]1O)C(C)(C)O)[C@H]1CC[C@@]2(C)[C@@H]3CC=C4[C@@H](CC[C@H](O[C@@H]5O[C@H](CO[C@@H]6O[C@H](CO)[C@@H](O)[C@H](O)[C@H]6O)[C@@H](O)[C@H](O)[C@H]5O)C4(C)C)[C@]3(C)[C@H](O)C[C@]12C. The summed E-state index contributed by atoms with van der Waals surface area (Å²) in [4.78, 5) is 0. The molecule has 0 aromatic heterocycles. The van der Waals surface area contributed by atoms with Gasteiger partial charge in [0.1, 0.15) is 116 Å². The van der Waals surface area contributed by atoms with Crippen LogP contribution in [0.4, 0.5) is 0 Å². The molecule has 0 aromatic rings. The average molecular weight is 1260 g/mol. The minimum atomic E-state index is -1.89. The van der Waals surface area contributed by atoms with E-state index in [1.807, 2.05) is 13.8 Å². The number of ether oxygens (including phenoxy) is 10. The van der Waals surface area contributed by atoms with Crippen LogP contribution in [0, 0.1) is 45.3 Å². The fourth-order valence-corrected chi connectivity index (χ4v) is 16.7. The molecule has 18 N–H and O–H groups in total. The summed E-state index contributed by atoms with van der Waals surface area (Å²) in [5.74, 6) is 0.0627. The highest BCUT2D eigenvalue weighted by atomic mass is 16.8. The highest BCUT2D eigenvalue weighted by Crippen LogP contribution is 2.75. The number of aliphatic hydroxyl groups is 18. The number of aliphatic hydroxyl groups excluding tert-OH is 17. The van der Waals surface area contributed by atoms with E-state index >= 15 is 0 Å². The molecule has 0 radical (unpaired) electrons. The van der Waals surface area contributed by atoms with Gasteiger partial charge in [-0.1, -0.05) is 53.2 Å². The van der Waals surface area contributed by atoms with Crippen molar-refractivity contribution in [2.75, 3.05) is 33.0 Å². The monoisotopic (exact) mass is 1260 g/mol. The molecular weight excluding hydrogens is 1160 g/mol. The van der Waals surface area contributed by atoms with Gasteiger partial charge < -0.3 is 139 Å². The van der Waals surface area contributed by atoms with E-state index in [2.05, 4.69) is 33.8 Å². The minimum absolute atomic E-state index is 0.0101. The van der Waals surface area contributed by atoms with Gasteiger partial charge in [-0.15, -0.1) is 0 Å². The van der Waals surface area contributed by atoms with Crippen LogP contribution in [0.2, 0.25) is 0 Å². The maximum Gasteiger partial charge on any atom is 0.187 e. The zero-order valence-corrected chi connectivity index (χ0v) is 50.8. The Morgan fingerprint density at radius 3 is 1.62 bits per heavy atom. The number of hydrogen-bond donors (Lipinski definition) is 18. The van der Waals surface area contributed by atoms with E-state index in [4.69, 9.17) is 47.4 Å². The third-order valence-electron chi connectivity index (χ3n) is 22.5. The fraction of sp³-hybridized carbons (Fsp3) is 0.966. The molecule has 28 nitrogen and oxygen atoms in total. The van der Waals surface area contributed by atoms with Crippen LogP contribution in [0.3, 0.4) is 0 Å². The topological polar surface area (TPSA) is 456 Å². The summed E-state index contributed by atoms with van der Waals surface area (Å²) < 4.78 is 59.2. The predicted molar refractivity (Wildman–Crippen MR) is 294 cm³/mol. The van der Waals surface area contributed by atoms with Crippen LogP contribution in [0.5, 0.6) is 0 Å². The van der Waals surface area contributed by atoms with Gasteiger partial charge in [0.25, 0.3) is 0 Å². The van der Waals surface area contributed by atoms with E-state index in [0.717, 1.165) is 18.4 Å².